The van der Waals surface area contributed by atoms with Gasteiger partial charge in [0.05, 0.1) is 46.8 Å². The van der Waals surface area contributed by atoms with Crippen molar-refractivity contribution in [2.45, 2.75) is 152 Å². The number of aromatic nitrogens is 8. The summed E-state index contributed by atoms with van der Waals surface area (Å²) in [5.74, 6) is 5.20. The molecule has 4 amide bonds. The number of likely N-dealkylation sites (tertiary alicyclic amines) is 4. The molecule has 21 nitrogen and oxygen atoms in total. The Balaban J connectivity index is 0.000000142. The molecular weight excluding hydrogens is 1570 g/mol. The van der Waals surface area contributed by atoms with Gasteiger partial charge in [-0.2, -0.15) is 18.3 Å². The van der Waals surface area contributed by atoms with Crippen molar-refractivity contribution in [3.05, 3.63) is 287 Å². The number of methoxy groups -OCH3 is 1. The molecule has 4 aromatic heterocycles. The summed E-state index contributed by atoms with van der Waals surface area (Å²) in [6, 6.07) is 56.4. The van der Waals surface area contributed by atoms with Crippen LogP contribution in [0, 0.1) is 88.5 Å². The van der Waals surface area contributed by atoms with Gasteiger partial charge < -0.3 is 43.7 Å². The third-order valence-corrected chi connectivity index (χ3v) is 23.4. The van der Waals surface area contributed by atoms with E-state index in [0.29, 0.717) is 107 Å². The second kappa shape index (κ2) is 37.9. The van der Waals surface area contributed by atoms with E-state index in [2.05, 4.69) is 133 Å². The fourth-order valence-electron chi connectivity index (χ4n) is 15.5. The SMILES string of the molecule is C#Cc1ccc(C2CN(C(=O)c3ccc(C)c(-c4[nH]nc(OCC(C)(C)O)c4C)c3)C2)cc1.COCc1[nH]nc(-c2cc(C(=O)N3CC(c4ccc(C)cc4)C3)ccc2C)c1C.Cc1ccc(C2CN(C(=O)c3ccc(C)c(-c4[nH]nc(OC(C)C)c4C)c3)C2)cc1.Cc1ccc(C2CN(C(=O)c3ccc(C)c(-c4[nH]nc(OCC(F)(F)F)c4C)c3)C2)cc1. The summed E-state index contributed by atoms with van der Waals surface area (Å²) < 4.78 is 58.9. The van der Waals surface area contributed by atoms with Gasteiger partial charge >= 0.3 is 6.18 Å². The molecule has 8 heterocycles. The van der Waals surface area contributed by atoms with E-state index in [9.17, 15) is 37.5 Å². The van der Waals surface area contributed by atoms with Crippen molar-refractivity contribution in [1.82, 2.24) is 60.4 Å². The Hall–Kier alpha value is -12.9. The third kappa shape index (κ3) is 20.7. The molecule has 4 aliphatic heterocycles. The Kier molecular flexibility index (Phi) is 27.2. The van der Waals surface area contributed by atoms with Gasteiger partial charge in [-0.25, -0.2) is 0 Å². The van der Waals surface area contributed by atoms with Gasteiger partial charge in [0, 0.05) is 155 Å². The molecule has 12 aromatic rings. The van der Waals surface area contributed by atoms with Crippen molar-refractivity contribution in [3.8, 4) is 75.0 Å². The number of carbonyl (C=O) groups excluding carboxylic acids is 4. The minimum absolute atomic E-state index is 0.0171. The average molecular weight is 1680 g/mol. The molecule has 0 atom stereocenters. The molecular formula is C100H109F3N12O9. The maximum Gasteiger partial charge on any atom is 0.422 e. The van der Waals surface area contributed by atoms with Crippen LogP contribution in [0.25, 0.3) is 45.0 Å². The lowest BCUT2D eigenvalue weighted by atomic mass is 9.90. The number of hydrogen-bond acceptors (Lipinski definition) is 13. The van der Waals surface area contributed by atoms with Gasteiger partial charge in [0.2, 0.25) is 17.6 Å². The van der Waals surface area contributed by atoms with Gasteiger partial charge in [0.1, 0.15) is 6.61 Å². The second-order valence-electron chi connectivity index (χ2n) is 34.1. The molecule has 0 radical (unpaired) electrons. The van der Waals surface area contributed by atoms with E-state index in [0.717, 1.165) is 110 Å². The summed E-state index contributed by atoms with van der Waals surface area (Å²) in [4.78, 5) is 59.7. The van der Waals surface area contributed by atoms with Gasteiger partial charge in [-0.3, -0.25) is 39.6 Å². The number of aromatic amines is 4. The fourth-order valence-corrected chi connectivity index (χ4v) is 15.5. The highest BCUT2D eigenvalue weighted by atomic mass is 19.4. The van der Waals surface area contributed by atoms with E-state index < -0.39 is 18.4 Å². The van der Waals surface area contributed by atoms with Crippen molar-refractivity contribution in [2.24, 2.45) is 0 Å². The monoisotopic (exact) mass is 1680 g/mol. The molecule has 644 valence electrons. The number of rotatable bonds is 21. The summed E-state index contributed by atoms with van der Waals surface area (Å²) in [5, 5.41) is 38.8. The standard InChI is InChI=1S/C27H29N3O3.C25H29N3O2.C24H24F3N3O2.C24H27N3O2/c1-6-19-8-11-20(12-9-19)22-14-30(15-22)26(31)21-10-7-17(2)23(13-21)24-18(3)25(29-28-24)33-16-27(4,5)32;1-15(2)30-24-18(5)23(26-27-24)22-12-20(11-8-17(22)4)25(29)28-13-21(14-28)19-9-6-16(3)7-10-19;1-14-4-7-17(8-5-14)19-11-30(12-19)23(31)18-9-6-15(2)20(10-18)21-16(3)22(29-28-21)32-13-24(25,26)27;1-15-5-8-18(9-6-15)20-12-27(13-20)24(28)19-10-7-16(2)21(11-19)23-17(3)22(14-29-4)25-26-23/h1,7-13,22,32H,14-16H2,2-5H3,(H,28,29);6-12,15,21H,13-14H2,1-5H3,(H,26,27);4-10,19H,11-13H2,1-3H3,(H,28,29);5-11,20H,12-14H2,1-4H3,(H,25,26). The molecule has 124 heavy (non-hydrogen) atoms. The summed E-state index contributed by atoms with van der Waals surface area (Å²) in [6.45, 7) is 34.1. The minimum Gasteiger partial charge on any atom is -0.474 e. The molecule has 16 rings (SSSR count). The quantitative estimate of drug-likeness (QED) is 0.0420. The van der Waals surface area contributed by atoms with Crippen molar-refractivity contribution < 1.29 is 56.4 Å². The Morgan fingerprint density at radius 3 is 1.06 bits per heavy atom. The van der Waals surface area contributed by atoms with Crippen molar-refractivity contribution >= 4 is 23.6 Å². The number of alkyl halides is 3. The number of aryl methyl sites for hydroxylation is 7. The van der Waals surface area contributed by atoms with Crippen LogP contribution >= 0.6 is 0 Å². The average Bonchev–Trinajstić information content (AvgIpc) is 1.29. The number of amides is 4. The maximum atomic E-state index is 13.1. The molecule has 0 bridgehead atoms. The number of benzene rings is 8. The largest absolute Gasteiger partial charge is 0.474 e. The van der Waals surface area contributed by atoms with E-state index in [1.54, 1.807) is 44.9 Å². The lowest BCUT2D eigenvalue weighted by Crippen LogP contribution is -2.48. The van der Waals surface area contributed by atoms with Gasteiger partial charge in [0.25, 0.3) is 23.6 Å². The highest BCUT2D eigenvalue weighted by Gasteiger charge is 2.38. The molecule has 5 N–H and O–H groups in total. The molecule has 0 aliphatic carbocycles. The molecule has 0 unspecified atom stereocenters. The summed E-state index contributed by atoms with van der Waals surface area (Å²) in [5.41, 5.74) is 26.4. The molecule has 8 aromatic carbocycles. The summed E-state index contributed by atoms with van der Waals surface area (Å²) in [7, 11) is 1.67. The van der Waals surface area contributed by atoms with Crippen LogP contribution in [0.15, 0.2) is 170 Å². The van der Waals surface area contributed by atoms with Crippen molar-refractivity contribution in [2.75, 3.05) is 72.7 Å². The summed E-state index contributed by atoms with van der Waals surface area (Å²) >= 11 is 0. The Morgan fingerprint density at radius 1 is 0.435 bits per heavy atom. The number of halogens is 3. The van der Waals surface area contributed by atoms with E-state index in [-0.39, 0.29) is 42.2 Å². The van der Waals surface area contributed by atoms with Crippen LogP contribution in [0.5, 0.6) is 17.6 Å². The fraction of sp³-hybridized carbons (Fsp3) is 0.340. The Labute approximate surface area is 723 Å². The van der Waals surface area contributed by atoms with Crippen LogP contribution in [-0.2, 0) is 11.3 Å². The van der Waals surface area contributed by atoms with Crippen LogP contribution in [-0.4, -0.2) is 180 Å². The molecule has 4 aliphatic rings. The lowest BCUT2D eigenvalue weighted by Gasteiger charge is -2.39. The van der Waals surface area contributed by atoms with Gasteiger partial charge in [0.15, 0.2) is 6.61 Å². The number of nitrogens with zero attached hydrogens (tertiary/aromatic N) is 8. The number of carbonyl (C=O) groups is 4. The Bertz CT molecular complexity index is 5870. The zero-order chi connectivity index (χ0) is 88.8. The zero-order valence-corrected chi connectivity index (χ0v) is 73.3. The topological polar surface area (TPSA) is 253 Å². The van der Waals surface area contributed by atoms with Gasteiger partial charge in [-0.05, 0) is 209 Å². The second-order valence-corrected chi connectivity index (χ2v) is 34.1. The molecule has 4 saturated heterocycles. The first kappa shape index (κ1) is 88.9. The first-order valence-corrected chi connectivity index (χ1v) is 41.9. The van der Waals surface area contributed by atoms with Gasteiger partial charge in [-0.15, -0.1) is 21.7 Å². The molecule has 24 heteroatoms. The van der Waals surface area contributed by atoms with Crippen LogP contribution in [0.2, 0.25) is 0 Å². The normalized spacial score (nSPS) is 14.2. The van der Waals surface area contributed by atoms with Crippen LogP contribution < -0.4 is 14.2 Å². The molecule has 4 fully saturated rings. The number of terminal acetylenes is 1. The van der Waals surface area contributed by atoms with E-state index in [4.69, 9.17) is 25.4 Å². The van der Waals surface area contributed by atoms with Crippen LogP contribution in [0.1, 0.15) is 188 Å². The number of hydrogen-bond donors (Lipinski definition) is 5. The van der Waals surface area contributed by atoms with Crippen LogP contribution in [0.4, 0.5) is 13.2 Å². The zero-order valence-electron chi connectivity index (χ0n) is 73.3. The number of nitrogens with one attached hydrogen (secondary N) is 4. The van der Waals surface area contributed by atoms with Gasteiger partial charge in [-0.1, -0.05) is 132 Å². The smallest absolute Gasteiger partial charge is 0.422 e. The first-order chi connectivity index (χ1) is 59.1. The van der Waals surface area contributed by atoms with Crippen molar-refractivity contribution in [1.29, 1.82) is 0 Å². The number of H-pyrrole nitrogens is 4. The molecule has 0 spiro atoms. The predicted molar refractivity (Wildman–Crippen MR) is 476 cm³/mol. The first-order valence-electron chi connectivity index (χ1n) is 41.9. The summed E-state index contributed by atoms with van der Waals surface area (Å²) in [6.07, 6.45) is 1.04. The third-order valence-electron chi connectivity index (χ3n) is 23.4. The van der Waals surface area contributed by atoms with Crippen LogP contribution in [0.3, 0.4) is 0 Å². The predicted octanol–water partition coefficient (Wildman–Crippen LogP) is 18.7. The van der Waals surface area contributed by atoms with E-state index >= 15 is 0 Å². The Morgan fingerprint density at radius 2 is 0.742 bits per heavy atom. The van der Waals surface area contributed by atoms with E-state index in [1.807, 2.05) is 169 Å². The number of aliphatic hydroxyl groups is 1. The van der Waals surface area contributed by atoms with E-state index in [1.165, 1.54) is 38.9 Å². The van der Waals surface area contributed by atoms with Crippen molar-refractivity contribution in [3.63, 3.8) is 0 Å². The minimum atomic E-state index is -4.44. The lowest BCUT2D eigenvalue weighted by molar-refractivity contribution is -0.154. The highest BCUT2D eigenvalue weighted by molar-refractivity contribution is 5.99. The maximum absolute atomic E-state index is 13.1. The molecule has 0 saturated carbocycles. The number of ether oxygens (including phenoxy) is 4. The highest BCUT2D eigenvalue weighted by Crippen LogP contribution is 2.40.